The summed E-state index contributed by atoms with van der Waals surface area (Å²) in [4.78, 5) is 14.6. The number of likely N-dealkylation sites (tertiary alicyclic amines) is 1. The van der Waals surface area contributed by atoms with E-state index in [0.29, 0.717) is 6.04 Å². The smallest absolute Gasteiger partial charge is 0.242 e. The Morgan fingerprint density at radius 3 is 2.65 bits per heavy atom. The molecule has 0 unspecified atom stereocenters. The van der Waals surface area contributed by atoms with Crippen molar-refractivity contribution in [3.8, 4) is 0 Å². The van der Waals surface area contributed by atoms with Gasteiger partial charge in [0.05, 0.1) is 24.5 Å². The molecule has 0 aliphatic carbocycles. The molecule has 3 rings (SSSR count). The van der Waals surface area contributed by atoms with Gasteiger partial charge in [0.1, 0.15) is 5.82 Å². The van der Waals surface area contributed by atoms with Crippen LogP contribution in [0, 0.1) is 6.92 Å². The van der Waals surface area contributed by atoms with E-state index >= 15 is 0 Å². The summed E-state index contributed by atoms with van der Waals surface area (Å²) in [6.07, 6.45) is 5.62. The van der Waals surface area contributed by atoms with E-state index in [2.05, 4.69) is 20.4 Å². The molecule has 1 atom stereocenters. The van der Waals surface area contributed by atoms with Crippen LogP contribution in [-0.4, -0.2) is 49.5 Å². The largest absolute Gasteiger partial charge is 0.310 e. The standard InChI is InChI=1S/C16H24N6O/c1-11(2)22-15(5-6-17-22)19-16(23)13(4)20-9-14(10-20)21-8-12(3)7-18-21/h5-8,11,13-14H,9-10H2,1-4H3,(H,19,23)/t13-/m1/s1. The number of aryl methyl sites for hydroxylation is 1. The van der Waals surface area contributed by atoms with Crippen molar-refractivity contribution in [2.45, 2.75) is 45.8 Å². The fourth-order valence-corrected chi connectivity index (χ4v) is 2.83. The third-order valence-corrected chi connectivity index (χ3v) is 4.33. The summed E-state index contributed by atoms with van der Waals surface area (Å²) in [5.74, 6) is 0.749. The zero-order valence-corrected chi connectivity index (χ0v) is 14.1. The zero-order valence-electron chi connectivity index (χ0n) is 14.1. The van der Waals surface area contributed by atoms with Crippen LogP contribution in [0.1, 0.15) is 38.4 Å². The SMILES string of the molecule is Cc1cnn(C2CN([C@H](C)C(=O)Nc3ccnn3C(C)C)C2)c1. The molecule has 1 aliphatic heterocycles. The number of nitrogens with one attached hydrogen (secondary N) is 1. The van der Waals surface area contributed by atoms with Gasteiger partial charge in [-0.1, -0.05) is 0 Å². The summed E-state index contributed by atoms with van der Waals surface area (Å²) in [5.41, 5.74) is 1.16. The van der Waals surface area contributed by atoms with Gasteiger partial charge in [-0.2, -0.15) is 10.2 Å². The van der Waals surface area contributed by atoms with E-state index in [-0.39, 0.29) is 18.0 Å². The average Bonchev–Trinajstić information content (AvgIpc) is 3.06. The van der Waals surface area contributed by atoms with Crippen molar-refractivity contribution in [1.29, 1.82) is 0 Å². The monoisotopic (exact) mass is 316 g/mol. The molecule has 2 aromatic heterocycles. The van der Waals surface area contributed by atoms with Crippen molar-refractivity contribution in [3.05, 3.63) is 30.2 Å². The van der Waals surface area contributed by atoms with Crippen molar-refractivity contribution in [1.82, 2.24) is 24.5 Å². The van der Waals surface area contributed by atoms with Gasteiger partial charge in [0.25, 0.3) is 0 Å². The third kappa shape index (κ3) is 3.14. The molecule has 23 heavy (non-hydrogen) atoms. The third-order valence-electron chi connectivity index (χ3n) is 4.33. The molecule has 1 aliphatic rings. The van der Waals surface area contributed by atoms with Crippen LogP contribution in [0.15, 0.2) is 24.7 Å². The predicted molar refractivity (Wildman–Crippen MR) is 88.3 cm³/mol. The molecule has 0 bridgehead atoms. The lowest BCUT2D eigenvalue weighted by molar-refractivity contribution is -0.123. The number of nitrogens with zero attached hydrogens (tertiary/aromatic N) is 5. The van der Waals surface area contributed by atoms with Crippen LogP contribution in [0.25, 0.3) is 0 Å². The maximum atomic E-state index is 12.5. The first-order chi connectivity index (χ1) is 11.0. The van der Waals surface area contributed by atoms with Crippen molar-refractivity contribution >= 4 is 11.7 Å². The lowest BCUT2D eigenvalue weighted by Crippen LogP contribution is -2.55. The van der Waals surface area contributed by atoms with Crippen LogP contribution in [0.4, 0.5) is 5.82 Å². The number of hydrogen-bond acceptors (Lipinski definition) is 4. The summed E-state index contributed by atoms with van der Waals surface area (Å²) in [5, 5.41) is 11.6. The quantitative estimate of drug-likeness (QED) is 0.914. The van der Waals surface area contributed by atoms with Crippen molar-refractivity contribution in [2.24, 2.45) is 0 Å². The highest BCUT2D eigenvalue weighted by Crippen LogP contribution is 2.24. The first-order valence-corrected chi connectivity index (χ1v) is 8.05. The van der Waals surface area contributed by atoms with E-state index in [9.17, 15) is 4.79 Å². The van der Waals surface area contributed by atoms with Gasteiger partial charge in [-0.25, -0.2) is 4.68 Å². The minimum Gasteiger partial charge on any atom is -0.310 e. The predicted octanol–water partition coefficient (Wildman–Crippen LogP) is 1.85. The Kier molecular flexibility index (Phi) is 4.21. The molecule has 7 nitrogen and oxygen atoms in total. The van der Waals surface area contributed by atoms with Gasteiger partial charge >= 0.3 is 0 Å². The van der Waals surface area contributed by atoms with Crippen LogP contribution >= 0.6 is 0 Å². The van der Waals surface area contributed by atoms with E-state index < -0.39 is 0 Å². The Labute approximate surface area is 136 Å². The van der Waals surface area contributed by atoms with Gasteiger partial charge in [0, 0.05) is 31.4 Å². The molecule has 0 aromatic carbocycles. The fraction of sp³-hybridized carbons (Fsp3) is 0.562. The van der Waals surface area contributed by atoms with Crippen molar-refractivity contribution in [2.75, 3.05) is 18.4 Å². The van der Waals surface area contributed by atoms with Crippen LogP contribution in [0.5, 0.6) is 0 Å². The molecular weight excluding hydrogens is 292 g/mol. The lowest BCUT2D eigenvalue weighted by Gasteiger charge is -2.42. The Hall–Kier alpha value is -2.15. The van der Waals surface area contributed by atoms with E-state index in [4.69, 9.17) is 0 Å². The Balaban J connectivity index is 1.56. The number of carbonyl (C=O) groups is 1. The van der Waals surface area contributed by atoms with Crippen molar-refractivity contribution in [3.63, 3.8) is 0 Å². The van der Waals surface area contributed by atoms with Crippen LogP contribution < -0.4 is 5.32 Å². The van der Waals surface area contributed by atoms with Gasteiger partial charge in [-0.05, 0) is 33.3 Å². The van der Waals surface area contributed by atoms with E-state index in [0.717, 1.165) is 24.5 Å². The fourth-order valence-electron chi connectivity index (χ4n) is 2.83. The van der Waals surface area contributed by atoms with Gasteiger partial charge in [-0.3, -0.25) is 14.4 Å². The minimum atomic E-state index is -0.168. The van der Waals surface area contributed by atoms with Crippen LogP contribution in [0.3, 0.4) is 0 Å². The zero-order chi connectivity index (χ0) is 16.6. The molecule has 1 saturated heterocycles. The minimum absolute atomic E-state index is 0.00231. The normalized spacial score (nSPS) is 17.3. The Morgan fingerprint density at radius 1 is 1.30 bits per heavy atom. The number of rotatable bonds is 5. The molecule has 2 aromatic rings. The average molecular weight is 316 g/mol. The molecule has 1 amide bonds. The van der Waals surface area contributed by atoms with E-state index in [1.54, 1.807) is 6.20 Å². The second-order valence-electron chi connectivity index (χ2n) is 6.53. The second-order valence-corrected chi connectivity index (χ2v) is 6.53. The summed E-state index contributed by atoms with van der Waals surface area (Å²) in [6.45, 7) is 9.75. The van der Waals surface area contributed by atoms with Crippen LogP contribution in [-0.2, 0) is 4.79 Å². The molecule has 7 heteroatoms. The molecule has 0 saturated carbocycles. The Bertz CT molecular complexity index is 682. The second kappa shape index (κ2) is 6.16. The lowest BCUT2D eigenvalue weighted by atomic mass is 10.1. The van der Waals surface area contributed by atoms with Gasteiger partial charge in [0.15, 0.2) is 0 Å². The highest BCUT2D eigenvalue weighted by atomic mass is 16.2. The molecule has 1 fully saturated rings. The van der Waals surface area contributed by atoms with Crippen molar-refractivity contribution < 1.29 is 4.79 Å². The first-order valence-electron chi connectivity index (χ1n) is 8.05. The number of amides is 1. The topological polar surface area (TPSA) is 68.0 Å². The summed E-state index contributed by atoms with van der Waals surface area (Å²) in [6, 6.07) is 2.24. The summed E-state index contributed by atoms with van der Waals surface area (Å²) < 4.78 is 3.81. The summed E-state index contributed by atoms with van der Waals surface area (Å²) >= 11 is 0. The van der Waals surface area contributed by atoms with Crippen LogP contribution in [0.2, 0.25) is 0 Å². The molecular formula is C16H24N6O. The van der Waals surface area contributed by atoms with Gasteiger partial charge < -0.3 is 5.32 Å². The van der Waals surface area contributed by atoms with E-state index in [1.165, 1.54) is 0 Å². The molecule has 0 radical (unpaired) electrons. The summed E-state index contributed by atoms with van der Waals surface area (Å²) in [7, 11) is 0. The molecule has 1 N–H and O–H groups in total. The number of aromatic nitrogens is 4. The number of anilines is 1. The maximum absolute atomic E-state index is 12.5. The molecule has 0 spiro atoms. The number of carbonyl (C=O) groups excluding carboxylic acids is 1. The van der Waals surface area contributed by atoms with E-state index in [1.807, 2.05) is 55.5 Å². The maximum Gasteiger partial charge on any atom is 0.242 e. The van der Waals surface area contributed by atoms with Gasteiger partial charge in [-0.15, -0.1) is 0 Å². The Morgan fingerprint density at radius 2 is 2.04 bits per heavy atom. The number of hydrogen-bond donors (Lipinski definition) is 1. The first kappa shape index (κ1) is 15.7. The highest BCUT2D eigenvalue weighted by molar-refractivity contribution is 5.93. The molecule has 124 valence electrons. The highest BCUT2D eigenvalue weighted by Gasteiger charge is 2.35. The van der Waals surface area contributed by atoms with Gasteiger partial charge in [0.2, 0.25) is 5.91 Å². The molecule has 3 heterocycles.